The van der Waals surface area contributed by atoms with E-state index in [2.05, 4.69) is 5.32 Å². The Balaban J connectivity index is 2.34. The van der Waals surface area contributed by atoms with E-state index in [4.69, 9.17) is 10.5 Å². The molecule has 1 aliphatic rings. The zero-order valence-corrected chi connectivity index (χ0v) is 12.9. The van der Waals surface area contributed by atoms with Crippen LogP contribution in [0.5, 0.6) is 0 Å². The van der Waals surface area contributed by atoms with Gasteiger partial charge in [-0.3, -0.25) is 9.59 Å². The van der Waals surface area contributed by atoms with Crippen molar-refractivity contribution in [3.05, 3.63) is 0 Å². The van der Waals surface area contributed by atoms with Crippen molar-refractivity contribution in [2.24, 2.45) is 11.7 Å². The molecule has 6 heteroatoms. The van der Waals surface area contributed by atoms with Gasteiger partial charge in [0.2, 0.25) is 5.91 Å². The zero-order chi connectivity index (χ0) is 15.3. The average molecular weight is 285 g/mol. The van der Waals surface area contributed by atoms with Gasteiger partial charge < -0.3 is 20.7 Å². The molecule has 20 heavy (non-hydrogen) atoms. The van der Waals surface area contributed by atoms with E-state index >= 15 is 0 Å². The number of carbonyl (C=O) groups is 2. The first-order chi connectivity index (χ1) is 9.36. The number of likely N-dealkylation sites (N-methyl/N-ethyl adjacent to an activating group) is 1. The molecular weight excluding hydrogens is 258 g/mol. The molecule has 0 aliphatic carbocycles. The lowest BCUT2D eigenvalue weighted by molar-refractivity contribution is -0.140. The predicted octanol–water partition coefficient (Wildman–Crippen LogP) is 0.112. The molecule has 0 aromatic heterocycles. The third-order valence-corrected chi connectivity index (χ3v) is 3.89. The summed E-state index contributed by atoms with van der Waals surface area (Å²) in [4.78, 5) is 25.1. The summed E-state index contributed by atoms with van der Waals surface area (Å²) in [6.45, 7) is 4.39. The van der Waals surface area contributed by atoms with Gasteiger partial charge in [0.25, 0.3) is 5.91 Å². The highest BCUT2D eigenvalue weighted by Crippen LogP contribution is 2.20. The van der Waals surface area contributed by atoms with Crippen molar-refractivity contribution in [2.75, 3.05) is 20.6 Å². The quantitative estimate of drug-likeness (QED) is 0.725. The van der Waals surface area contributed by atoms with Crippen LogP contribution in [0, 0.1) is 5.92 Å². The third-order valence-electron chi connectivity index (χ3n) is 3.89. The standard InChI is InChI=1S/C14H27N3O3/c1-5-9(2)12(15)13(18)16-8-10-6-7-11(20-10)14(19)17(3)4/h9-12H,5-8,15H2,1-4H3,(H,16,18). The van der Waals surface area contributed by atoms with Crippen molar-refractivity contribution in [1.29, 1.82) is 0 Å². The molecule has 116 valence electrons. The highest BCUT2D eigenvalue weighted by molar-refractivity contribution is 5.82. The van der Waals surface area contributed by atoms with E-state index in [1.807, 2.05) is 13.8 Å². The number of nitrogens with zero attached hydrogens (tertiary/aromatic N) is 1. The maximum Gasteiger partial charge on any atom is 0.251 e. The average Bonchev–Trinajstić information content (AvgIpc) is 2.90. The number of hydrogen-bond donors (Lipinski definition) is 2. The Kier molecular flexibility index (Phi) is 6.42. The molecule has 4 atom stereocenters. The third kappa shape index (κ3) is 4.45. The lowest BCUT2D eigenvalue weighted by Gasteiger charge is -2.20. The summed E-state index contributed by atoms with van der Waals surface area (Å²) in [5, 5.41) is 2.81. The van der Waals surface area contributed by atoms with Crippen LogP contribution < -0.4 is 11.1 Å². The Morgan fingerprint density at radius 2 is 2.05 bits per heavy atom. The molecule has 1 aliphatic heterocycles. The lowest BCUT2D eigenvalue weighted by Crippen LogP contribution is -2.46. The summed E-state index contributed by atoms with van der Waals surface area (Å²) in [7, 11) is 3.43. The lowest BCUT2D eigenvalue weighted by atomic mass is 9.99. The number of hydrogen-bond acceptors (Lipinski definition) is 4. The summed E-state index contributed by atoms with van der Waals surface area (Å²) in [6, 6.07) is -0.486. The van der Waals surface area contributed by atoms with Crippen molar-refractivity contribution in [2.45, 2.75) is 51.4 Å². The monoisotopic (exact) mass is 285 g/mol. The van der Waals surface area contributed by atoms with Gasteiger partial charge in [0.1, 0.15) is 6.10 Å². The molecule has 0 bridgehead atoms. The van der Waals surface area contributed by atoms with Crippen LogP contribution in [0.4, 0.5) is 0 Å². The van der Waals surface area contributed by atoms with Gasteiger partial charge >= 0.3 is 0 Å². The normalized spacial score (nSPS) is 25.1. The van der Waals surface area contributed by atoms with E-state index in [-0.39, 0.29) is 29.9 Å². The maximum absolute atomic E-state index is 11.9. The van der Waals surface area contributed by atoms with Crippen molar-refractivity contribution in [3.63, 3.8) is 0 Å². The number of carbonyl (C=O) groups excluding carboxylic acids is 2. The molecule has 0 spiro atoms. The first kappa shape index (κ1) is 16.9. The number of nitrogens with two attached hydrogens (primary N) is 1. The van der Waals surface area contributed by atoms with Crippen LogP contribution in [-0.2, 0) is 14.3 Å². The molecular formula is C14H27N3O3. The smallest absolute Gasteiger partial charge is 0.251 e. The summed E-state index contributed by atoms with van der Waals surface area (Å²) >= 11 is 0. The number of ether oxygens (including phenoxy) is 1. The number of nitrogens with one attached hydrogen (secondary N) is 1. The zero-order valence-electron chi connectivity index (χ0n) is 12.9. The summed E-state index contributed by atoms with van der Waals surface area (Å²) in [5.74, 6) is -0.0111. The minimum absolute atomic E-state index is 0.0184. The molecule has 2 amide bonds. The highest BCUT2D eigenvalue weighted by Gasteiger charge is 2.32. The van der Waals surface area contributed by atoms with E-state index < -0.39 is 6.04 Å². The summed E-state index contributed by atoms with van der Waals surface area (Å²) in [6.07, 6.45) is 1.87. The van der Waals surface area contributed by atoms with Crippen LogP contribution in [0.15, 0.2) is 0 Å². The highest BCUT2D eigenvalue weighted by atomic mass is 16.5. The largest absolute Gasteiger partial charge is 0.363 e. The molecule has 1 heterocycles. The number of amides is 2. The van der Waals surface area contributed by atoms with Gasteiger partial charge in [-0.05, 0) is 18.8 Å². The maximum atomic E-state index is 11.9. The SMILES string of the molecule is CCC(C)C(N)C(=O)NCC1CCC(C(=O)N(C)C)O1. The molecule has 0 aromatic carbocycles. The van der Waals surface area contributed by atoms with Crippen LogP contribution in [0.25, 0.3) is 0 Å². The first-order valence-corrected chi connectivity index (χ1v) is 7.26. The van der Waals surface area contributed by atoms with Crippen molar-refractivity contribution >= 4 is 11.8 Å². The van der Waals surface area contributed by atoms with Crippen LogP contribution in [0.1, 0.15) is 33.1 Å². The first-order valence-electron chi connectivity index (χ1n) is 7.26. The fourth-order valence-electron chi connectivity index (χ4n) is 2.17. The Morgan fingerprint density at radius 1 is 1.40 bits per heavy atom. The van der Waals surface area contributed by atoms with Gasteiger partial charge in [-0.1, -0.05) is 20.3 Å². The Hall–Kier alpha value is -1.14. The van der Waals surface area contributed by atoms with E-state index in [1.54, 1.807) is 14.1 Å². The molecule has 0 aromatic rings. The van der Waals surface area contributed by atoms with Crippen molar-refractivity contribution in [3.8, 4) is 0 Å². The summed E-state index contributed by atoms with van der Waals surface area (Å²) in [5.41, 5.74) is 5.86. The molecule has 6 nitrogen and oxygen atoms in total. The van der Waals surface area contributed by atoms with Crippen LogP contribution >= 0.6 is 0 Å². The van der Waals surface area contributed by atoms with Crippen LogP contribution in [0.2, 0.25) is 0 Å². The number of rotatable bonds is 6. The van der Waals surface area contributed by atoms with Gasteiger partial charge in [0.05, 0.1) is 12.1 Å². The molecule has 3 N–H and O–H groups in total. The minimum Gasteiger partial charge on any atom is -0.363 e. The van der Waals surface area contributed by atoms with E-state index in [0.29, 0.717) is 13.0 Å². The Morgan fingerprint density at radius 3 is 2.60 bits per heavy atom. The van der Waals surface area contributed by atoms with Gasteiger partial charge in [-0.2, -0.15) is 0 Å². The topological polar surface area (TPSA) is 84.7 Å². The molecule has 0 radical (unpaired) electrons. The fourth-order valence-corrected chi connectivity index (χ4v) is 2.17. The van der Waals surface area contributed by atoms with E-state index in [0.717, 1.165) is 12.8 Å². The summed E-state index contributed by atoms with van der Waals surface area (Å²) < 4.78 is 5.65. The van der Waals surface area contributed by atoms with Crippen LogP contribution in [-0.4, -0.2) is 55.6 Å². The van der Waals surface area contributed by atoms with Gasteiger partial charge in [0, 0.05) is 20.6 Å². The molecule has 1 fully saturated rings. The molecule has 1 saturated heterocycles. The second-order valence-corrected chi connectivity index (χ2v) is 5.71. The fraction of sp³-hybridized carbons (Fsp3) is 0.857. The van der Waals surface area contributed by atoms with Gasteiger partial charge in [-0.25, -0.2) is 0 Å². The van der Waals surface area contributed by atoms with Crippen LogP contribution in [0.3, 0.4) is 0 Å². The van der Waals surface area contributed by atoms with E-state index in [9.17, 15) is 9.59 Å². The second-order valence-electron chi connectivity index (χ2n) is 5.71. The molecule has 1 rings (SSSR count). The van der Waals surface area contributed by atoms with Gasteiger partial charge in [0.15, 0.2) is 0 Å². The van der Waals surface area contributed by atoms with Gasteiger partial charge in [-0.15, -0.1) is 0 Å². The molecule has 0 saturated carbocycles. The second kappa shape index (κ2) is 7.59. The molecule has 4 unspecified atom stereocenters. The minimum atomic E-state index is -0.486. The Labute approximate surface area is 121 Å². The van der Waals surface area contributed by atoms with Crippen molar-refractivity contribution < 1.29 is 14.3 Å². The Bertz CT molecular complexity index is 347. The van der Waals surface area contributed by atoms with Crippen molar-refractivity contribution in [1.82, 2.24) is 10.2 Å². The predicted molar refractivity (Wildman–Crippen MR) is 77.0 cm³/mol. The van der Waals surface area contributed by atoms with E-state index in [1.165, 1.54) is 4.90 Å².